The van der Waals surface area contributed by atoms with Crippen LogP contribution in [0.3, 0.4) is 0 Å². The molecule has 1 aliphatic carbocycles. The fourth-order valence-corrected chi connectivity index (χ4v) is 3.42. The molecule has 1 aromatic heterocycles. The molecular weight excluding hydrogens is 266 g/mol. The predicted molar refractivity (Wildman–Crippen MR) is 86.2 cm³/mol. The molecule has 20 heavy (non-hydrogen) atoms. The lowest BCUT2D eigenvalue weighted by Gasteiger charge is -2.28. The Balaban J connectivity index is 2.16. The molecule has 2 heteroatoms. The number of halogens is 1. The first kappa shape index (κ1) is 11.8. The van der Waals surface area contributed by atoms with Crippen molar-refractivity contribution >= 4 is 33.4 Å². The quantitative estimate of drug-likeness (QED) is 0.539. The Hall–Kier alpha value is -1.99. The van der Waals surface area contributed by atoms with Gasteiger partial charge in [0.1, 0.15) is 5.00 Å². The molecule has 0 bridgehead atoms. The number of hydrogen-bond donors (Lipinski definition) is 0. The van der Waals surface area contributed by atoms with E-state index in [0.717, 1.165) is 6.42 Å². The molecule has 1 nitrogen and oxygen atoms in total. The summed E-state index contributed by atoms with van der Waals surface area (Å²) >= 11 is 6.92. The van der Waals surface area contributed by atoms with Crippen LogP contribution in [-0.2, 0) is 5.00 Å². The van der Waals surface area contributed by atoms with E-state index in [0.29, 0.717) is 0 Å². The number of fused-ring (bicyclic) bond motifs is 3. The van der Waals surface area contributed by atoms with Crippen molar-refractivity contribution in [1.82, 2.24) is 4.57 Å². The van der Waals surface area contributed by atoms with Crippen LogP contribution in [0.15, 0.2) is 72.8 Å². The van der Waals surface area contributed by atoms with E-state index in [1.54, 1.807) is 0 Å². The van der Waals surface area contributed by atoms with Gasteiger partial charge in [-0.25, -0.2) is 0 Å². The van der Waals surface area contributed by atoms with Crippen molar-refractivity contribution in [2.45, 2.75) is 11.4 Å². The van der Waals surface area contributed by atoms with Gasteiger partial charge in [-0.1, -0.05) is 66.2 Å². The van der Waals surface area contributed by atoms with Crippen LogP contribution in [-0.4, -0.2) is 4.57 Å². The largest absolute Gasteiger partial charge is 0.317 e. The van der Waals surface area contributed by atoms with Gasteiger partial charge < -0.3 is 4.57 Å². The van der Waals surface area contributed by atoms with Crippen LogP contribution < -0.4 is 0 Å². The van der Waals surface area contributed by atoms with Gasteiger partial charge in [0.15, 0.2) is 0 Å². The van der Waals surface area contributed by atoms with Gasteiger partial charge in [0, 0.05) is 17.2 Å². The Labute approximate surface area is 122 Å². The normalized spacial score (nSPS) is 21.9. The molecule has 0 saturated heterocycles. The maximum atomic E-state index is 6.92. The Bertz CT molecular complexity index is 803. The van der Waals surface area contributed by atoms with Gasteiger partial charge in [0.25, 0.3) is 0 Å². The van der Waals surface area contributed by atoms with E-state index in [1.807, 2.05) is 6.08 Å². The van der Waals surface area contributed by atoms with E-state index >= 15 is 0 Å². The molecular formula is C18H14ClN. The fraction of sp³-hybridized carbons (Fsp3) is 0.111. The van der Waals surface area contributed by atoms with Crippen molar-refractivity contribution < 1.29 is 0 Å². The van der Waals surface area contributed by atoms with Crippen molar-refractivity contribution in [1.29, 1.82) is 0 Å². The van der Waals surface area contributed by atoms with Crippen LogP contribution in [0, 0.1) is 0 Å². The summed E-state index contributed by atoms with van der Waals surface area (Å²) in [4.78, 5) is -0.516. The third-order valence-corrected chi connectivity index (χ3v) is 4.40. The lowest BCUT2D eigenvalue weighted by Crippen LogP contribution is -2.24. The van der Waals surface area contributed by atoms with Crippen LogP contribution >= 0.6 is 11.6 Å². The summed E-state index contributed by atoms with van der Waals surface area (Å²) in [7, 11) is 0. The molecule has 98 valence electrons. The summed E-state index contributed by atoms with van der Waals surface area (Å²) in [5, 5.41) is 2.51. The van der Waals surface area contributed by atoms with Crippen molar-refractivity contribution in [3.05, 3.63) is 72.8 Å². The fourth-order valence-electron chi connectivity index (χ4n) is 3.07. The minimum atomic E-state index is -0.516. The molecule has 0 amide bonds. The Morgan fingerprint density at radius 1 is 0.850 bits per heavy atom. The highest BCUT2D eigenvalue weighted by atomic mass is 35.5. The average Bonchev–Trinajstić information content (AvgIpc) is 2.83. The zero-order valence-electron chi connectivity index (χ0n) is 11.0. The first-order valence-corrected chi connectivity index (χ1v) is 7.19. The second-order valence-corrected chi connectivity index (χ2v) is 5.83. The topological polar surface area (TPSA) is 4.93 Å². The van der Waals surface area contributed by atoms with E-state index in [4.69, 9.17) is 11.6 Å². The molecule has 1 unspecified atom stereocenters. The molecule has 0 fully saturated rings. The summed E-state index contributed by atoms with van der Waals surface area (Å²) in [5.41, 5.74) is 2.37. The Kier molecular flexibility index (Phi) is 2.51. The number of benzene rings is 2. The van der Waals surface area contributed by atoms with Crippen LogP contribution in [0.5, 0.6) is 0 Å². The van der Waals surface area contributed by atoms with Crippen molar-refractivity contribution in [3.8, 4) is 0 Å². The molecule has 1 aliphatic rings. The summed E-state index contributed by atoms with van der Waals surface area (Å²) < 4.78 is 2.25. The average molecular weight is 280 g/mol. The smallest absolute Gasteiger partial charge is 0.141 e. The van der Waals surface area contributed by atoms with Gasteiger partial charge in [-0.15, -0.1) is 0 Å². The molecule has 0 radical (unpaired) electrons. The molecule has 4 rings (SSSR count). The number of para-hydroxylation sites is 2. The first-order valence-electron chi connectivity index (χ1n) is 6.81. The van der Waals surface area contributed by atoms with E-state index in [9.17, 15) is 0 Å². The second-order valence-electron chi connectivity index (χ2n) is 5.18. The molecule has 2 aromatic carbocycles. The van der Waals surface area contributed by atoms with Gasteiger partial charge >= 0.3 is 0 Å². The molecule has 0 N–H and O–H groups in total. The number of aromatic nitrogens is 1. The predicted octanol–water partition coefficient (Wildman–Crippen LogP) is 5.20. The van der Waals surface area contributed by atoms with Gasteiger partial charge in [-0.3, -0.25) is 0 Å². The number of rotatable bonds is 1. The van der Waals surface area contributed by atoms with E-state index in [2.05, 4.69) is 71.3 Å². The van der Waals surface area contributed by atoms with Crippen molar-refractivity contribution in [3.63, 3.8) is 0 Å². The minimum Gasteiger partial charge on any atom is -0.317 e. The number of allylic oxidation sites excluding steroid dienone is 4. The van der Waals surface area contributed by atoms with Crippen molar-refractivity contribution in [2.24, 2.45) is 0 Å². The molecule has 3 aromatic rings. The van der Waals surface area contributed by atoms with Gasteiger partial charge in [-0.05, 0) is 18.2 Å². The summed E-state index contributed by atoms with van der Waals surface area (Å²) in [6.07, 6.45) is 9.08. The summed E-state index contributed by atoms with van der Waals surface area (Å²) in [6.45, 7) is 0. The maximum absolute atomic E-state index is 6.92. The van der Waals surface area contributed by atoms with Crippen LogP contribution in [0.2, 0.25) is 0 Å². The van der Waals surface area contributed by atoms with Gasteiger partial charge in [0.05, 0.1) is 11.0 Å². The molecule has 0 spiro atoms. The third-order valence-electron chi connectivity index (χ3n) is 3.95. The SMILES string of the molecule is ClC1(n2c3ccccc3c3ccccc32)C=CC=CC1. The first-order chi connectivity index (χ1) is 9.80. The monoisotopic (exact) mass is 279 g/mol. The third kappa shape index (κ3) is 1.56. The lowest BCUT2D eigenvalue weighted by atomic mass is 10.1. The van der Waals surface area contributed by atoms with Crippen LogP contribution in [0.4, 0.5) is 0 Å². The van der Waals surface area contributed by atoms with Crippen LogP contribution in [0.1, 0.15) is 6.42 Å². The lowest BCUT2D eigenvalue weighted by molar-refractivity contribution is 0.569. The van der Waals surface area contributed by atoms with Gasteiger partial charge in [0.2, 0.25) is 0 Å². The van der Waals surface area contributed by atoms with E-state index in [1.165, 1.54) is 21.8 Å². The number of nitrogens with zero attached hydrogens (tertiary/aromatic N) is 1. The molecule has 0 saturated carbocycles. The van der Waals surface area contributed by atoms with Crippen LogP contribution in [0.25, 0.3) is 21.8 Å². The minimum absolute atomic E-state index is 0.516. The van der Waals surface area contributed by atoms with Gasteiger partial charge in [-0.2, -0.15) is 0 Å². The molecule has 1 heterocycles. The zero-order chi connectivity index (χ0) is 13.6. The number of hydrogen-bond acceptors (Lipinski definition) is 0. The Morgan fingerprint density at radius 2 is 1.45 bits per heavy atom. The summed E-state index contributed by atoms with van der Waals surface area (Å²) in [6, 6.07) is 16.9. The Morgan fingerprint density at radius 3 is 2.00 bits per heavy atom. The van der Waals surface area contributed by atoms with E-state index < -0.39 is 5.00 Å². The van der Waals surface area contributed by atoms with E-state index in [-0.39, 0.29) is 0 Å². The zero-order valence-corrected chi connectivity index (χ0v) is 11.7. The van der Waals surface area contributed by atoms with Crippen molar-refractivity contribution in [2.75, 3.05) is 0 Å². The molecule has 0 aliphatic heterocycles. The standard InChI is InChI=1S/C18H14ClN/c19-18(12-6-1-7-13-18)20-16-10-4-2-8-14(16)15-9-3-5-11-17(15)20/h1-12H,13H2. The maximum Gasteiger partial charge on any atom is 0.141 e. The molecule has 1 atom stereocenters. The number of alkyl halides is 1. The highest BCUT2D eigenvalue weighted by Crippen LogP contribution is 2.40. The second kappa shape index (κ2) is 4.26. The highest BCUT2D eigenvalue weighted by Gasteiger charge is 2.29. The highest BCUT2D eigenvalue weighted by molar-refractivity contribution is 6.25. The summed E-state index contributed by atoms with van der Waals surface area (Å²) in [5.74, 6) is 0.